The molecule has 2 unspecified atom stereocenters. The van der Waals surface area contributed by atoms with E-state index in [9.17, 15) is 9.18 Å². The summed E-state index contributed by atoms with van der Waals surface area (Å²) in [5, 5.41) is 4.63. The molecule has 2 aromatic heterocycles. The Morgan fingerprint density at radius 2 is 2.05 bits per heavy atom. The lowest BCUT2D eigenvalue weighted by molar-refractivity contribution is -0.134. The molecule has 0 fully saturated rings. The molecule has 38 heavy (non-hydrogen) atoms. The number of aromatic nitrogens is 2. The van der Waals surface area contributed by atoms with Crippen LogP contribution in [0.15, 0.2) is 73.1 Å². The Morgan fingerprint density at radius 3 is 2.84 bits per heavy atom. The molecule has 2 aromatic carbocycles. The van der Waals surface area contributed by atoms with Gasteiger partial charge in [-0.3, -0.25) is 4.79 Å². The molecule has 0 saturated carbocycles. The van der Waals surface area contributed by atoms with Crippen molar-refractivity contribution in [3.05, 3.63) is 100 Å². The second kappa shape index (κ2) is 11.8. The molecule has 0 radical (unpaired) electrons. The van der Waals surface area contributed by atoms with E-state index in [-0.39, 0.29) is 23.7 Å². The highest BCUT2D eigenvalue weighted by atomic mass is 32.1. The van der Waals surface area contributed by atoms with Crippen molar-refractivity contribution in [2.24, 2.45) is 5.92 Å². The molecule has 8 heteroatoms. The summed E-state index contributed by atoms with van der Waals surface area (Å²) in [4.78, 5) is 26.1. The van der Waals surface area contributed by atoms with Crippen molar-refractivity contribution in [3.63, 3.8) is 0 Å². The van der Waals surface area contributed by atoms with Crippen molar-refractivity contribution in [3.8, 4) is 0 Å². The van der Waals surface area contributed by atoms with E-state index in [2.05, 4.69) is 27.4 Å². The normalized spacial score (nSPS) is 15.0. The molecule has 0 spiro atoms. The fourth-order valence-electron chi connectivity index (χ4n) is 4.88. The first-order valence-electron chi connectivity index (χ1n) is 12.8. The summed E-state index contributed by atoms with van der Waals surface area (Å²) < 4.78 is 19.6. The summed E-state index contributed by atoms with van der Waals surface area (Å²) in [6.45, 7) is 5.83. The Morgan fingerprint density at radius 1 is 1.21 bits per heavy atom. The van der Waals surface area contributed by atoms with Crippen LogP contribution in [0, 0.1) is 11.7 Å². The number of fused-ring (bicyclic) bond motifs is 3. The number of amides is 1. The number of carbonyl (C=O) groups excluding carboxylic acids is 1. The van der Waals surface area contributed by atoms with Crippen LogP contribution >= 0.6 is 11.3 Å². The van der Waals surface area contributed by atoms with Crippen LogP contribution in [0.25, 0.3) is 10.2 Å². The highest BCUT2D eigenvalue weighted by molar-refractivity contribution is 7.19. The second-order valence-electron chi connectivity index (χ2n) is 9.48. The fraction of sp³-hybridized carbons (Fsp3) is 0.300. The Kier molecular flexibility index (Phi) is 8.10. The standard InChI is InChI=1S/C30H31FN4O2S/c1-3-8-20(2)30(36)35-14-13-24-26(16-35)38-29-27(24)28(32-19-33-29)34-25(22-10-5-4-6-11-22)18-37-17-21-9-7-12-23(31)15-21/h3-12,15,19-20,25H,13-14,16-18H2,1-2H3,(H,32,33,34). The van der Waals surface area contributed by atoms with Gasteiger partial charge in [0.15, 0.2) is 0 Å². The minimum Gasteiger partial charge on any atom is -0.374 e. The molecular weight excluding hydrogens is 499 g/mol. The Labute approximate surface area is 226 Å². The van der Waals surface area contributed by atoms with E-state index >= 15 is 0 Å². The van der Waals surface area contributed by atoms with Crippen LogP contribution in [0.2, 0.25) is 0 Å². The number of hydrogen-bond donors (Lipinski definition) is 1. The summed E-state index contributed by atoms with van der Waals surface area (Å²) in [6.07, 6.45) is 6.21. The molecule has 6 nitrogen and oxygen atoms in total. The molecule has 2 atom stereocenters. The predicted octanol–water partition coefficient (Wildman–Crippen LogP) is 6.30. The number of ether oxygens (including phenoxy) is 1. The van der Waals surface area contributed by atoms with Gasteiger partial charge in [-0.15, -0.1) is 11.3 Å². The lowest BCUT2D eigenvalue weighted by Gasteiger charge is -2.29. The van der Waals surface area contributed by atoms with Crippen molar-refractivity contribution < 1.29 is 13.9 Å². The first-order chi connectivity index (χ1) is 18.5. The first kappa shape index (κ1) is 26.0. The van der Waals surface area contributed by atoms with Crippen LogP contribution in [0.5, 0.6) is 0 Å². The quantitative estimate of drug-likeness (QED) is 0.257. The number of anilines is 1. The largest absolute Gasteiger partial charge is 0.374 e. The highest BCUT2D eigenvalue weighted by Gasteiger charge is 2.28. The van der Waals surface area contributed by atoms with Crippen LogP contribution in [0.4, 0.5) is 10.2 Å². The van der Waals surface area contributed by atoms with Gasteiger partial charge >= 0.3 is 0 Å². The van der Waals surface area contributed by atoms with Crippen molar-refractivity contribution in [2.75, 3.05) is 18.5 Å². The number of allylic oxidation sites excluding steroid dienone is 1. The van der Waals surface area contributed by atoms with Gasteiger partial charge < -0.3 is 15.0 Å². The molecule has 0 saturated heterocycles. The van der Waals surface area contributed by atoms with Gasteiger partial charge in [0, 0.05) is 11.4 Å². The molecule has 0 bridgehead atoms. The SMILES string of the molecule is CC=CC(C)C(=O)N1CCc2c(sc3ncnc(NC(COCc4cccc(F)c4)c4ccccc4)c23)C1. The van der Waals surface area contributed by atoms with Crippen LogP contribution in [-0.4, -0.2) is 33.9 Å². The van der Waals surface area contributed by atoms with Gasteiger partial charge in [-0.1, -0.05) is 61.5 Å². The summed E-state index contributed by atoms with van der Waals surface area (Å²) in [5.74, 6) is 0.506. The maximum absolute atomic E-state index is 13.6. The molecule has 1 N–H and O–H groups in total. The third-order valence-corrected chi connectivity index (χ3v) is 7.90. The maximum atomic E-state index is 13.6. The molecule has 0 aliphatic carbocycles. The van der Waals surface area contributed by atoms with Crippen LogP contribution in [0.3, 0.4) is 0 Å². The van der Waals surface area contributed by atoms with E-state index in [0.717, 1.165) is 38.5 Å². The van der Waals surface area contributed by atoms with E-state index in [1.165, 1.54) is 17.7 Å². The first-order valence-corrected chi connectivity index (χ1v) is 13.7. The van der Waals surface area contributed by atoms with Crippen molar-refractivity contribution in [2.45, 2.75) is 39.5 Å². The molecule has 196 valence electrons. The molecule has 1 amide bonds. The number of thiophene rings is 1. The Balaban J connectivity index is 1.38. The fourth-order valence-corrected chi connectivity index (χ4v) is 6.08. The number of nitrogens with zero attached hydrogens (tertiary/aromatic N) is 3. The number of hydrogen-bond acceptors (Lipinski definition) is 6. The minimum absolute atomic E-state index is 0.132. The number of carbonyl (C=O) groups is 1. The number of nitrogens with one attached hydrogen (secondary N) is 1. The van der Waals surface area contributed by atoms with E-state index in [4.69, 9.17) is 4.74 Å². The van der Waals surface area contributed by atoms with E-state index in [0.29, 0.717) is 26.3 Å². The average molecular weight is 531 g/mol. The Bertz CT molecular complexity index is 1440. The van der Waals surface area contributed by atoms with E-state index < -0.39 is 0 Å². The van der Waals surface area contributed by atoms with Crippen molar-refractivity contribution in [1.29, 1.82) is 0 Å². The third-order valence-electron chi connectivity index (χ3n) is 6.77. The third kappa shape index (κ3) is 5.76. The van der Waals surface area contributed by atoms with Crippen LogP contribution < -0.4 is 5.32 Å². The summed E-state index contributed by atoms with van der Waals surface area (Å²) >= 11 is 1.63. The minimum atomic E-state index is -0.272. The summed E-state index contributed by atoms with van der Waals surface area (Å²) in [5.41, 5.74) is 3.07. The molecule has 1 aliphatic heterocycles. The highest BCUT2D eigenvalue weighted by Crippen LogP contribution is 2.38. The van der Waals surface area contributed by atoms with Crippen LogP contribution in [0.1, 0.15) is 41.5 Å². The zero-order valence-corrected chi connectivity index (χ0v) is 22.4. The topological polar surface area (TPSA) is 67.4 Å². The number of rotatable bonds is 9. The molecule has 3 heterocycles. The molecule has 5 rings (SSSR count). The number of benzene rings is 2. The maximum Gasteiger partial charge on any atom is 0.229 e. The summed E-state index contributed by atoms with van der Waals surface area (Å²) in [6, 6.07) is 16.4. The number of halogens is 1. The van der Waals surface area contributed by atoms with Crippen molar-refractivity contribution in [1.82, 2.24) is 14.9 Å². The Hall–Kier alpha value is -3.62. The van der Waals surface area contributed by atoms with Crippen LogP contribution in [-0.2, 0) is 29.1 Å². The van der Waals surface area contributed by atoms with E-state index in [1.807, 2.05) is 55.2 Å². The zero-order chi connectivity index (χ0) is 26.5. The zero-order valence-electron chi connectivity index (χ0n) is 21.6. The lowest BCUT2D eigenvalue weighted by Crippen LogP contribution is -2.38. The predicted molar refractivity (Wildman–Crippen MR) is 149 cm³/mol. The van der Waals surface area contributed by atoms with Gasteiger partial charge in [0.2, 0.25) is 5.91 Å². The van der Waals surface area contributed by atoms with Gasteiger partial charge in [0.05, 0.1) is 37.1 Å². The van der Waals surface area contributed by atoms with Crippen molar-refractivity contribution >= 4 is 33.3 Å². The molecule has 1 aliphatic rings. The summed E-state index contributed by atoms with van der Waals surface area (Å²) in [7, 11) is 0. The lowest BCUT2D eigenvalue weighted by atomic mass is 10.0. The smallest absolute Gasteiger partial charge is 0.229 e. The average Bonchev–Trinajstić information content (AvgIpc) is 3.31. The molecular formula is C30H31FN4O2S. The van der Waals surface area contributed by atoms with Gasteiger partial charge in [0.25, 0.3) is 0 Å². The monoisotopic (exact) mass is 530 g/mol. The second-order valence-corrected chi connectivity index (χ2v) is 10.6. The van der Waals surface area contributed by atoms with Gasteiger partial charge in [-0.2, -0.15) is 0 Å². The molecule has 4 aromatic rings. The van der Waals surface area contributed by atoms with Gasteiger partial charge in [-0.05, 0) is 42.2 Å². The van der Waals surface area contributed by atoms with Gasteiger partial charge in [0.1, 0.15) is 22.8 Å². The van der Waals surface area contributed by atoms with E-state index in [1.54, 1.807) is 23.7 Å². The van der Waals surface area contributed by atoms with Gasteiger partial charge in [-0.25, -0.2) is 14.4 Å².